The summed E-state index contributed by atoms with van der Waals surface area (Å²) in [5, 5.41) is 2.49. The molecule has 0 atom stereocenters. The van der Waals surface area contributed by atoms with Gasteiger partial charge in [0.1, 0.15) is 16.4 Å². The van der Waals surface area contributed by atoms with Crippen molar-refractivity contribution in [2.45, 2.75) is 20.8 Å². The lowest BCUT2D eigenvalue weighted by Crippen LogP contribution is -2.30. The fraction of sp³-hybridized carbons (Fsp3) is 0.467. The summed E-state index contributed by atoms with van der Waals surface area (Å²) in [5.74, 6) is -0.509. The summed E-state index contributed by atoms with van der Waals surface area (Å²) in [6.07, 6.45) is 1.22. The smallest absolute Gasteiger partial charge is 0.325 e. The summed E-state index contributed by atoms with van der Waals surface area (Å²) in [5.41, 5.74) is 2.49. The van der Waals surface area contributed by atoms with Gasteiger partial charge in [-0.15, -0.1) is 0 Å². The molecule has 0 aliphatic rings. The van der Waals surface area contributed by atoms with Gasteiger partial charge in [0.15, 0.2) is 0 Å². The molecule has 23 heavy (non-hydrogen) atoms. The van der Waals surface area contributed by atoms with E-state index in [-0.39, 0.29) is 18.2 Å². The number of methoxy groups -OCH3 is 1. The fourth-order valence-corrected chi connectivity index (χ4v) is 1.63. The molecule has 1 amide bonds. The molecule has 6 nitrogen and oxygen atoms in total. The van der Waals surface area contributed by atoms with Crippen LogP contribution >= 0.6 is 15.9 Å². The van der Waals surface area contributed by atoms with Gasteiger partial charge in [-0.3, -0.25) is 9.59 Å². The summed E-state index contributed by atoms with van der Waals surface area (Å²) in [4.78, 5) is 22.6. The van der Waals surface area contributed by atoms with E-state index in [0.717, 1.165) is 15.6 Å². The van der Waals surface area contributed by atoms with Crippen molar-refractivity contribution in [3.8, 4) is 0 Å². The van der Waals surface area contributed by atoms with Crippen LogP contribution in [-0.4, -0.2) is 46.0 Å². The second-order valence-corrected chi connectivity index (χ2v) is 8.12. The Labute approximate surface area is 145 Å². The van der Waals surface area contributed by atoms with Gasteiger partial charge in [0, 0.05) is 22.0 Å². The highest BCUT2D eigenvalue weighted by Gasteiger charge is 2.10. The van der Waals surface area contributed by atoms with Crippen LogP contribution in [0.2, 0.25) is 0 Å². The topological polar surface area (TPSA) is 89.5 Å². The van der Waals surface area contributed by atoms with Gasteiger partial charge in [-0.25, -0.2) is 8.42 Å². The molecule has 0 aromatic heterocycles. The van der Waals surface area contributed by atoms with Crippen LogP contribution in [0.25, 0.3) is 0 Å². The molecule has 1 N–H and O–H groups in total. The SMILES string of the molecule is CCS(C)(=O)=O.COC(=O)CNC(=O)c1cc(C)c(Br)c(C)c1. The Morgan fingerprint density at radius 1 is 1.22 bits per heavy atom. The van der Waals surface area contributed by atoms with Crippen molar-refractivity contribution in [3.63, 3.8) is 0 Å². The number of sulfone groups is 1. The molecule has 0 spiro atoms. The molecule has 1 aromatic carbocycles. The molecule has 0 saturated heterocycles. The number of halogens is 1. The van der Waals surface area contributed by atoms with Gasteiger partial charge in [-0.1, -0.05) is 22.9 Å². The number of amides is 1. The third kappa shape index (κ3) is 8.71. The lowest BCUT2D eigenvalue weighted by atomic mass is 10.1. The number of hydrogen-bond acceptors (Lipinski definition) is 5. The summed E-state index contributed by atoms with van der Waals surface area (Å²) in [6, 6.07) is 3.54. The number of esters is 1. The second kappa shape index (κ2) is 9.67. The normalized spacial score (nSPS) is 10.3. The number of hydrogen-bond donors (Lipinski definition) is 1. The molecule has 0 aliphatic heterocycles. The van der Waals surface area contributed by atoms with E-state index in [4.69, 9.17) is 0 Å². The first-order valence-corrected chi connectivity index (χ1v) is 9.66. The van der Waals surface area contributed by atoms with Gasteiger partial charge in [-0.2, -0.15) is 0 Å². The van der Waals surface area contributed by atoms with Gasteiger partial charge in [0.25, 0.3) is 5.91 Å². The molecule has 0 heterocycles. The number of ether oxygens (including phenoxy) is 1. The monoisotopic (exact) mass is 407 g/mol. The minimum atomic E-state index is -2.66. The average molecular weight is 408 g/mol. The van der Waals surface area contributed by atoms with Gasteiger partial charge in [0.05, 0.1) is 7.11 Å². The average Bonchev–Trinajstić information content (AvgIpc) is 2.49. The van der Waals surface area contributed by atoms with E-state index in [9.17, 15) is 18.0 Å². The zero-order chi connectivity index (χ0) is 18.2. The Hall–Kier alpha value is -1.41. The largest absolute Gasteiger partial charge is 0.468 e. The number of carbonyl (C=O) groups excluding carboxylic acids is 2. The Morgan fingerprint density at radius 3 is 2.00 bits per heavy atom. The van der Waals surface area contributed by atoms with E-state index in [1.807, 2.05) is 13.8 Å². The maximum Gasteiger partial charge on any atom is 0.325 e. The van der Waals surface area contributed by atoms with Crippen molar-refractivity contribution < 1.29 is 22.7 Å². The van der Waals surface area contributed by atoms with Crippen LogP contribution < -0.4 is 5.32 Å². The maximum absolute atomic E-state index is 11.7. The Kier molecular flexibility index (Phi) is 9.07. The minimum absolute atomic E-state index is 0.122. The van der Waals surface area contributed by atoms with E-state index in [1.165, 1.54) is 13.4 Å². The first-order valence-electron chi connectivity index (χ1n) is 6.81. The van der Waals surface area contributed by atoms with Gasteiger partial charge in [-0.05, 0) is 37.1 Å². The van der Waals surface area contributed by atoms with Crippen LogP contribution in [0.5, 0.6) is 0 Å². The first-order chi connectivity index (χ1) is 10.5. The molecule has 0 radical (unpaired) electrons. The van der Waals surface area contributed by atoms with Crippen LogP contribution in [0.1, 0.15) is 28.4 Å². The number of benzene rings is 1. The summed E-state index contributed by atoms with van der Waals surface area (Å²) >= 11 is 3.43. The molecule has 1 rings (SSSR count). The molecule has 0 saturated carbocycles. The van der Waals surface area contributed by atoms with Gasteiger partial charge < -0.3 is 10.1 Å². The third-order valence-electron chi connectivity index (χ3n) is 2.84. The summed E-state index contributed by atoms with van der Waals surface area (Å²) in [6.45, 7) is 5.32. The second-order valence-electron chi connectivity index (χ2n) is 4.90. The van der Waals surface area contributed by atoms with Crippen molar-refractivity contribution in [2.75, 3.05) is 25.7 Å². The van der Waals surface area contributed by atoms with E-state index in [1.54, 1.807) is 19.1 Å². The summed E-state index contributed by atoms with van der Waals surface area (Å²) in [7, 11) is -1.38. The molecule has 1 aromatic rings. The van der Waals surface area contributed by atoms with Crippen molar-refractivity contribution in [1.82, 2.24) is 5.32 Å². The Bertz CT molecular complexity index is 647. The lowest BCUT2D eigenvalue weighted by molar-refractivity contribution is -0.139. The van der Waals surface area contributed by atoms with Crippen LogP contribution in [-0.2, 0) is 19.4 Å². The molecular formula is C15H22BrNO5S. The Balaban J connectivity index is 0.000000688. The third-order valence-corrected chi connectivity index (χ3v) is 5.14. The highest BCUT2D eigenvalue weighted by Crippen LogP contribution is 2.22. The van der Waals surface area contributed by atoms with Crippen molar-refractivity contribution >= 4 is 37.6 Å². The highest BCUT2D eigenvalue weighted by atomic mass is 79.9. The molecular weight excluding hydrogens is 386 g/mol. The van der Waals surface area contributed by atoms with E-state index < -0.39 is 15.8 Å². The lowest BCUT2D eigenvalue weighted by Gasteiger charge is -2.08. The molecule has 8 heteroatoms. The molecule has 0 fully saturated rings. The molecule has 0 bridgehead atoms. The predicted octanol–water partition coefficient (Wildman–Crippen LogP) is 2.02. The van der Waals surface area contributed by atoms with E-state index in [2.05, 4.69) is 26.0 Å². The molecule has 130 valence electrons. The minimum Gasteiger partial charge on any atom is -0.468 e. The first kappa shape index (κ1) is 21.6. The molecule has 0 aliphatic carbocycles. The number of carbonyl (C=O) groups is 2. The van der Waals surface area contributed by atoms with E-state index >= 15 is 0 Å². The van der Waals surface area contributed by atoms with Crippen LogP contribution in [0.15, 0.2) is 16.6 Å². The maximum atomic E-state index is 11.7. The van der Waals surface area contributed by atoms with Gasteiger partial charge >= 0.3 is 5.97 Å². The van der Waals surface area contributed by atoms with Crippen molar-refractivity contribution in [1.29, 1.82) is 0 Å². The van der Waals surface area contributed by atoms with Crippen LogP contribution in [0, 0.1) is 13.8 Å². The molecule has 0 unspecified atom stereocenters. The number of nitrogens with one attached hydrogen (secondary N) is 1. The number of aryl methyl sites for hydroxylation is 2. The highest BCUT2D eigenvalue weighted by molar-refractivity contribution is 9.10. The van der Waals surface area contributed by atoms with Crippen LogP contribution in [0.3, 0.4) is 0 Å². The zero-order valence-electron chi connectivity index (χ0n) is 13.9. The van der Waals surface area contributed by atoms with Crippen molar-refractivity contribution in [3.05, 3.63) is 33.3 Å². The zero-order valence-corrected chi connectivity index (χ0v) is 16.3. The quantitative estimate of drug-likeness (QED) is 0.770. The standard InChI is InChI=1S/C12H14BrNO3.C3H8O2S/c1-7-4-9(5-8(2)11(7)13)12(16)14-6-10(15)17-3;1-3-6(2,4)5/h4-5H,6H2,1-3H3,(H,14,16);3H2,1-2H3. The fourth-order valence-electron chi connectivity index (χ4n) is 1.40. The predicted molar refractivity (Wildman–Crippen MR) is 93.4 cm³/mol. The van der Waals surface area contributed by atoms with E-state index in [0.29, 0.717) is 5.56 Å². The van der Waals surface area contributed by atoms with Crippen LogP contribution in [0.4, 0.5) is 0 Å². The van der Waals surface area contributed by atoms with Gasteiger partial charge in [0.2, 0.25) is 0 Å². The summed E-state index contributed by atoms with van der Waals surface area (Å²) < 4.78 is 25.4. The van der Waals surface area contributed by atoms with Crippen molar-refractivity contribution in [2.24, 2.45) is 0 Å². The Morgan fingerprint density at radius 2 is 1.65 bits per heavy atom. The number of rotatable bonds is 4.